The molecule has 4 nitrogen and oxygen atoms in total. The quantitative estimate of drug-likeness (QED) is 0.792. The second kappa shape index (κ2) is 6.80. The molecule has 0 fully saturated rings. The fourth-order valence-corrected chi connectivity index (χ4v) is 2.14. The molecule has 20 heavy (non-hydrogen) atoms. The minimum atomic E-state index is 0.0847. The molecule has 0 aliphatic carbocycles. The number of nitrogens with two attached hydrogens (primary N) is 1. The highest BCUT2D eigenvalue weighted by molar-refractivity contribution is 5.76. The first-order chi connectivity index (χ1) is 9.65. The highest BCUT2D eigenvalue weighted by Crippen LogP contribution is 2.19. The van der Waals surface area contributed by atoms with E-state index in [-0.39, 0.29) is 11.8 Å². The number of amides is 1. The summed E-state index contributed by atoms with van der Waals surface area (Å²) in [4.78, 5) is 11.9. The summed E-state index contributed by atoms with van der Waals surface area (Å²) in [7, 11) is 0. The van der Waals surface area contributed by atoms with Crippen LogP contribution in [0.1, 0.15) is 24.8 Å². The van der Waals surface area contributed by atoms with Gasteiger partial charge in [0.2, 0.25) is 5.91 Å². The Morgan fingerprint density at radius 1 is 1.25 bits per heavy atom. The van der Waals surface area contributed by atoms with Gasteiger partial charge in [0, 0.05) is 37.6 Å². The number of hydrogen-bond acceptors (Lipinski definition) is 2. The van der Waals surface area contributed by atoms with Gasteiger partial charge in [-0.1, -0.05) is 19.1 Å². The molecule has 0 aliphatic heterocycles. The van der Waals surface area contributed by atoms with E-state index in [0.29, 0.717) is 13.0 Å². The molecule has 1 unspecified atom stereocenters. The lowest BCUT2D eigenvalue weighted by molar-refractivity contribution is -0.121. The number of rotatable bonds is 6. The molecule has 1 heterocycles. The van der Waals surface area contributed by atoms with E-state index in [4.69, 9.17) is 5.73 Å². The Balaban J connectivity index is 1.74. The van der Waals surface area contributed by atoms with Crippen molar-refractivity contribution in [3.05, 3.63) is 54.4 Å². The minimum Gasteiger partial charge on any atom is -0.399 e. The average Bonchev–Trinajstić information content (AvgIpc) is 2.92. The summed E-state index contributed by atoms with van der Waals surface area (Å²) in [5, 5.41) is 2.95. The second-order valence-corrected chi connectivity index (χ2v) is 5.04. The van der Waals surface area contributed by atoms with E-state index >= 15 is 0 Å². The second-order valence-electron chi connectivity index (χ2n) is 5.04. The summed E-state index contributed by atoms with van der Waals surface area (Å²) in [5.74, 6) is 0.281. The van der Waals surface area contributed by atoms with E-state index in [1.54, 1.807) is 0 Å². The Bertz CT molecular complexity index is 531. The predicted molar refractivity (Wildman–Crippen MR) is 81.3 cm³/mol. The van der Waals surface area contributed by atoms with Gasteiger partial charge in [-0.2, -0.15) is 0 Å². The maximum Gasteiger partial charge on any atom is 0.220 e. The molecule has 4 heteroatoms. The zero-order valence-electron chi connectivity index (χ0n) is 11.8. The number of carbonyl (C=O) groups is 1. The molecule has 1 amide bonds. The zero-order chi connectivity index (χ0) is 14.4. The summed E-state index contributed by atoms with van der Waals surface area (Å²) in [6.07, 6.45) is 4.47. The van der Waals surface area contributed by atoms with E-state index in [1.165, 1.54) is 0 Å². The topological polar surface area (TPSA) is 60.0 Å². The fraction of sp³-hybridized carbons (Fsp3) is 0.312. The first-order valence-corrected chi connectivity index (χ1v) is 6.88. The van der Waals surface area contributed by atoms with E-state index in [0.717, 1.165) is 17.8 Å². The number of nitrogens with one attached hydrogen (secondary N) is 1. The largest absolute Gasteiger partial charge is 0.399 e. The van der Waals surface area contributed by atoms with E-state index in [9.17, 15) is 4.79 Å². The van der Waals surface area contributed by atoms with Crippen molar-refractivity contribution in [1.82, 2.24) is 9.88 Å². The first kappa shape index (κ1) is 14.2. The van der Waals surface area contributed by atoms with Gasteiger partial charge in [0.1, 0.15) is 0 Å². The number of aromatic nitrogens is 1. The number of hydrogen-bond donors (Lipinski definition) is 2. The van der Waals surface area contributed by atoms with Gasteiger partial charge in [0.25, 0.3) is 0 Å². The molecule has 1 aromatic carbocycles. The molecule has 106 valence electrons. The van der Waals surface area contributed by atoms with Crippen LogP contribution in [-0.2, 0) is 11.3 Å². The van der Waals surface area contributed by atoms with Gasteiger partial charge in [-0.15, -0.1) is 0 Å². The van der Waals surface area contributed by atoms with Crippen molar-refractivity contribution in [3.63, 3.8) is 0 Å². The molecule has 2 rings (SSSR count). The minimum absolute atomic E-state index is 0.0847. The molecule has 3 N–H and O–H groups in total. The predicted octanol–water partition coefficient (Wildman–Crippen LogP) is 2.38. The van der Waals surface area contributed by atoms with E-state index in [2.05, 4.69) is 12.2 Å². The van der Waals surface area contributed by atoms with Crippen LogP contribution in [0, 0.1) is 0 Å². The molecule has 0 aliphatic rings. The van der Waals surface area contributed by atoms with Crippen LogP contribution in [0.4, 0.5) is 5.69 Å². The lowest BCUT2D eigenvalue weighted by Crippen LogP contribution is -2.27. The van der Waals surface area contributed by atoms with Gasteiger partial charge in [-0.25, -0.2) is 0 Å². The van der Waals surface area contributed by atoms with Crippen LogP contribution >= 0.6 is 0 Å². The molecular weight excluding hydrogens is 250 g/mol. The summed E-state index contributed by atoms with van der Waals surface area (Å²) in [6, 6.07) is 11.7. The maximum atomic E-state index is 11.9. The molecule has 0 saturated heterocycles. The molecule has 0 radical (unpaired) electrons. The lowest BCUT2D eigenvalue weighted by Gasteiger charge is -2.12. The molecule has 0 saturated carbocycles. The molecule has 1 atom stereocenters. The van der Waals surface area contributed by atoms with Crippen LogP contribution in [0.25, 0.3) is 0 Å². The summed E-state index contributed by atoms with van der Waals surface area (Å²) >= 11 is 0. The van der Waals surface area contributed by atoms with Gasteiger partial charge in [0.15, 0.2) is 0 Å². The number of nitrogen functional groups attached to an aromatic ring is 1. The Kier molecular flexibility index (Phi) is 4.82. The molecule has 0 spiro atoms. The van der Waals surface area contributed by atoms with Crippen LogP contribution in [-0.4, -0.2) is 17.0 Å². The van der Waals surface area contributed by atoms with E-state index < -0.39 is 0 Å². The van der Waals surface area contributed by atoms with Crippen molar-refractivity contribution in [2.45, 2.75) is 25.8 Å². The van der Waals surface area contributed by atoms with Crippen molar-refractivity contribution in [3.8, 4) is 0 Å². The summed E-state index contributed by atoms with van der Waals surface area (Å²) < 4.78 is 2.05. The standard InChI is InChI=1S/C16H21N3O/c1-13(14-4-6-15(17)7-5-14)12-16(20)18-8-11-19-9-2-3-10-19/h2-7,9-10,13H,8,11-12,17H2,1H3,(H,18,20). The third kappa shape index (κ3) is 4.16. The molecule has 0 bridgehead atoms. The summed E-state index contributed by atoms with van der Waals surface area (Å²) in [5.41, 5.74) is 7.54. The van der Waals surface area contributed by atoms with Gasteiger partial charge < -0.3 is 15.6 Å². The first-order valence-electron chi connectivity index (χ1n) is 6.88. The van der Waals surface area contributed by atoms with Crippen LogP contribution < -0.4 is 11.1 Å². The smallest absolute Gasteiger partial charge is 0.220 e. The average molecular weight is 271 g/mol. The van der Waals surface area contributed by atoms with E-state index in [1.807, 2.05) is 53.4 Å². The fourth-order valence-electron chi connectivity index (χ4n) is 2.14. The van der Waals surface area contributed by atoms with Crippen molar-refractivity contribution >= 4 is 11.6 Å². The van der Waals surface area contributed by atoms with Crippen molar-refractivity contribution in [1.29, 1.82) is 0 Å². The number of anilines is 1. The Hall–Kier alpha value is -2.23. The molecule has 1 aromatic heterocycles. The van der Waals surface area contributed by atoms with Crippen LogP contribution in [0.3, 0.4) is 0 Å². The van der Waals surface area contributed by atoms with Gasteiger partial charge >= 0.3 is 0 Å². The van der Waals surface area contributed by atoms with Crippen LogP contribution in [0.2, 0.25) is 0 Å². The third-order valence-electron chi connectivity index (χ3n) is 3.36. The lowest BCUT2D eigenvalue weighted by atomic mass is 9.97. The van der Waals surface area contributed by atoms with Crippen molar-refractivity contribution in [2.24, 2.45) is 0 Å². The zero-order valence-corrected chi connectivity index (χ0v) is 11.8. The van der Waals surface area contributed by atoms with Gasteiger partial charge in [-0.3, -0.25) is 4.79 Å². The van der Waals surface area contributed by atoms with Crippen LogP contribution in [0.15, 0.2) is 48.8 Å². The number of carbonyl (C=O) groups excluding carboxylic acids is 1. The highest BCUT2D eigenvalue weighted by atomic mass is 16.1. The van der Waals surface area contributed by atoms with Crippen molar-refractivity contribution in [2.75, 3.05) is 12.3 Å². The Morgan fingerprint density at radius 2 is 1.90 bits per heavy atom. The van der Waals surface area contributed by atoms with Gasteiger partial charge in [0.05, 0.1) is 0 Å². The molecular formula is C16H21N3O. The maximum absolute atomic E-state index is 11.9. The molecule has 2 aromatic rings. The SMILES string of the molecule is CC(CC(=O)NCCn1cccc1)c1ccc(N)cc1. The number of benzene rings is 1. The Labute approximate surface area is 119 Å². The normalized spacial score (nSPS) is 12.1. The van der Waals surface area contributed by atoms with Crippen molar-refractivity contribution < 1.29 is 4.79 Å². The highest BCUT2D eigenvalue weighted by Gasteiger charge is 2.10. The Morgan fingerprint density at radius 3 is 2.55 bits per heavy atom. The third-order valence-corrected chi connectivity index (χ3v) is 3.36. The monoisotopic (exact) mass is 271 g/mol. The number of nitrogens with zero attached hydrogens (tertiary/aromatic N) is 1. The van der Waals surface area contributed by atoms with Crippen LogP contribution in [0.5, 0.6) is 0 Å². The van der Waals surface area contributed by atoms with Gasteiger partial charge in [-0.05, 0) is 35.7 Å². The summed E-state index contributed by atoms with van der Waals surface area (Å²) in [6.45, 7) is 3.51.